The van der Waals surface area contributed by atoms with Gasteiger partial charge in [-0.2, -0.15) is 0 Å². The van der Waals surface area contributed by atoms with Crippen molar-refractivity contribution in [2.45, 2.75) is 57.3 Å². The lowest BCUT2D eigenvalue weighted by Gasteiger charge is -2.39. The van der Waals surface area contributed by atoms with E-state index in [0.29, 0.717) is 53.0 Å². The number of nitrogens with zero attached hydrogens (tertiary/aromatic N) is 3. The molecule has 2 fully saturated rings. The second-order valence-corrected chi connectivity index (χ2v) is 11.7. The molecular formula is C24H39N3O4S. The zero-order valence-corrected chi connectivity index (χ0v) is 21.1. The Kier molecular flexibility index (Phi) is 7.89. The molecule has 2 heterocycles. The van der Waals surface area contributed by atoms with Crippen molar-refractivity contribution in [3.8, 4) is 5.75 Å². The van der Waals surface area contributed by atoms with E-state index in [0.717, 1.165) is 32.5 Å². The summed E-state index contributed by atoms with van der Waals surface area (Å²) in [5, 5.41) is 0. The smallest absolute Gasteiger partial charge is 0.243 e. The molecule has 2 aliphatic rings. The third-order valence-corrected chi connectivity index (χ3v) is 9.42. The van der Waals surface area contributed by atoms with E-state index in [1.165, 1.54) is 17.3 Å². The first kappa shape index (κ1) is 25.0. The Morgan fingerprint density at radius 1 is 1.09 bits per heavy atom. The predicted molar refractivity (Wildman–Crippen MR) is 126 cm³/mol. The number of methoxy groups -OCH3 is 1. The van der Waals surface area contributed by atoms with E-state index in [1.807, 2.05) is 4.90 Å². The van der Waals surface area contributed by atoms with Crippen LogP contribution in [0.25, 0.3) is 0 Å². The Hall–Kier alpha value is -1.64. The summed E-state index contributed by atoms with van der Waals surface area (Å²) in [5.41, 5.74) is 1.78. The number of piperidine rings is 1. The van der Waals surface area contributed by atoms with Gasteiger partial charge in [0.1, 0.15) is 5.75 Å². The van der Waals surface area contributed by atoms with Crippen molar-refractivity contribution in [3.05, 3.63) is 23.3 Å². The summed E-state index contributed by atoms with van der Waals surface area (Å²) in [6.45, 7) is 8.02. The highest BCUT2D eigenvalue weighted by molar-refractivity contribution is 7.89. The van der Waals surface area contributed by atoms with Crippen LogP contribution in [0.3, 0.4) is 0 Å². The van der Waals surface area contributed by atoms with E-state index in [2.05, 4.69) is 11.9 Å². The molecule has 1 spiro atoms. The number of hydrogen-bond acceptors (Lipinski definition) is 5. The molecule has 0 aromatic heterocycles. The molecule has 0 aliphatic carbocycles. The van der Waals surface area contributed by atoms with Crippen LogP contribution in [0.4, 0.5) is 0 Å². The van der Waals surface area contributed by atoms with Crippen LogP contribution in [0.2, 0.25) is 0 Å². The minimum absolute atomic E-state index is 0.207. The lowest BCUT2D eigenvalue weighted by molar-refractivity contribution is -0.133. The molecule has 32 heavy (non-hydrogen) atoms. The normalized spacial score (nSPS) is 19.1. The molecule has 0 bridgehead atoms. The number of aryl methyl sites for hydroxylation is 2. The molecule has 8 heteroatoms. The van der Waals surface area contributed by atoms with Crippen molar-refractivity contribution in [2.75, 3.05) is 53.9 Å². The first-order valence-electron chi connectivity index (χ1n) is 11.7. The minimum Gasteiger partial charge on any atom is -0.497 e. The summed E-state index contributed by atoms with van der Waals surface area (Å²) in [6, 6.07) is 3.50. The number of amides is 1. The number of hydrogen-bond donors (Lipinski definition) is 0. The zero-order valence-electron chi connectivity index (χ0n) is 20.3. The molecule has 180 valence electrons. The molecule has 1 amide bonds. The Morgan fingerprint density at radius 3 is 2.22 bits per heavy atom. The van der Waals surface area contributed by atoms with Gasteiger partial charge in [0.2, 0.25) is 15.9 Å². The summed E-state index contributed by atoms with van der Waals surface area (Å²) in [4.78, 5) is 17.4. The van der Waals surface area contributed by atoms with Crippen LogP contribution in [-0.4, -0.2) is 82.4 Å². The first-order valence-corrected chi connectivity index (χ1v) is 13.1. The molecule has 1 aromatic carbocycles. The number of likely N-dealkylation sites (tertiary alicyclic amines) is 2. The SMILES string of the molecule is COc1cc(C)c(S(=O)(=O)N(C)CCCCC(=O)N2CCC3(CCN(C)C3)CC2)c(C)c1. The molecule has 0 unspecified atom stereocenters. The van der Waals surface area contributed by atoms with Gasteiger partial charge in [0.25, 0.3) is 0 Å². The standard InChI is InChI=1S/C24H39N3O4S/c1-19-16-21(31-5)17-20(2)23(19)32(29,30)26(4)12-7-6-8-22(28)27-14-10-24(11-15-27)9-13-25(3)18-24/h16-17H,6-15,18H2,1-5H3. The lowest BCUT2D eigenvalue weighted by atomic mass is 9.77. The van der Waals surface area contributed by atoms with Crippen molar-refractivity contribution in [3.63, 3.8) is 0 Å². The average Bonchev–Trinajstić information content (AvgIpc) is 3.10. The number of carbonyl (C=O) groups is 1. The Labute approximate surface area is 193 Å². The van der Waals surface area contributed by atoms with Crippen LogP contribution in [0.15, 0.2) is 17.0 Å². The molecule has 2 saturated heterocycles. The van der Waals surface area contributed by atoms with E-state index in [1.54, 1.807) is 40.1 Å². The number of benzene rings is 1. The Balaban J connectivity index is 1.46. The summed E-state index contributed by atoms with van der Waals surface area (Å²) in [7, 11) is 1.78. The van der Waals surface area contributed by atoms with Crippen LogP contribution in [0.5, 0.6) is 5.75 Å². The molecule has 2 aliphatic heterocycles. The molecule has 0 atom stereocenters. The van der Waals surface area contributed by atoms with Gasteiger partial charge in [-0.25, -0.2) is 12.7 Å². The van der Waals surface area contributed by atoms with Gasteiger partial charge < -0.3 is 14.5 Å². The molecule has 7 nitrogen and oxygen atoms in total. The van der Waals surface area contributed by atoms with Gasteiger partial charge >= 0.3 is 0 Å². The van der Waals surface area contributed by atoms with Gasteiger partial charge in [-0.05, 0) is 88.2 Å². The first-order chi connectivity index (χ1) is 15.1. The molecular weight excluding hydrogens is 426 g/mol. The van der Waals surface area contributed by atoms with Gasteiger partial charge in [-0.1, -0.05) is 0 Å². The number of rotatable bonds is 8. The zero-order chi connectivity index (χ0) is 23.5. The van der Waals surface area contributed by atoms with E-state index in [9.17, 15) is 13.2 Å². The van der Waals surface area contributed by atoms with Crippen molar-refractivity contribution < 1.29 is 17.9 Å². The fourth-order valence-corrected chi connectivity index (χ4v) is 6.89. The van der Waals surface area contributed by atoms with Gasteiger partial charge in [-0.15, -0.1) is 0 Å². The van der Waals surface area contributed by atoms with Gasteiger partial charge in [0.15, 0.2) is 0 Å². The topological polar surface area (TPSA) is 70.2 Å². The quantitative estimate of drug-likeness (QED) is 0.552. The van der Waals surface area contributed by atoms with E-state index < -0.39 is 10.0 Å². The van der Waals surface area contributed by atoms with Gasteiger partial charge in [0.05, 0.1) is 12.0 Å². The van der Waals surface area contributed by atoms with Crippen LogP contribution in [0.1, 0.15) is 49.7 Å². The molecule has 0 radical (unpaired) electrons. The predicted octanol–water partition coefficient (Wildman–Crippen LogP) is 3.05. The van der Waals surface area contributed by atoms with Crippen LogP contribution < -0.4 is 4.74 Å². The number of sulfonamides is 1. The second kappa shape index (κ2) is 10.1. The summed E-state index contributed by atoms with van der Waals surface area (Å²) >= 11 is 0. The maximum atomic E-state index is 13.1. The van der Waals surface area contributed by atoms with Crippen LogP contribution >= 0.6 is 0 Å². The van der Waals surface area contributed by atoms with Crippen LogP contribution in [0, 0.1) is 19.3 Å². The van der Waals surface area contributed by atoms with Crippen molar-refractivity contribution >= 4 is 15.9 Å². The maximum absolute atomic E-state index is 13.1. The highest BCUT2D eigenvalue weighted by Gasteiger charge is 2.40. The molecule has 0 saturated carbocycles. The number of unbranched alkanes of at least 4 members (excludes halogenated alkanes) is 1. The van der Waals surface area contributed by atoms with Gasteiger partial charge in [-0.3, -0.25) is 4.79 Å². The van der Waals surface area contributed by atoms with Crippen LogP contribution in [-0.2, 0) is 14.8 Å². The second-order valence-electron chi connectivity index (χ2n) is 9.74. The molecule has 3 rings (SSSR count). The third kappa shape index (κ3) is 5.46. The van der Waals surface area contributed by atoms with E-state index >= 15 is 0 Å². The number of ether oxygens (including phenoxy) is 1. The fourth-order valence-electron chi connectivity index (χ4n) is 5.28. The van der Waals surface area contributed by atoms with Gasteiger partial charge in [0, 0.05) is 39.6 Å². The highest BCUT2D eigenvalue weighted by atomic mass is 32.2. The van der Waals surface area contributed by atoms with Crippen molar-refractivity contribution in [1.82, 2.24) is 14.1 Å². The molecule has 0 N–H and O–H groups in total. The highest BCUT2D eigenvalue weighted by Crippen LogP contribution is 2.39. The molecule has 1 aromatic rings. The Morgan fingerprint density at radius 2 is 1.69 bits per heavy atom. The lowest BCUT2D eigenvalue weighted by Crippen LogP contribution is -2.44. The Bertz CT molecular complexity index is 900. The average molecular weight is 466 g/mol. The summed E-state index contributed by atoms with van der Waals surface area (Å²) in [5.74, 6) is 0.863. The minimum atomic E-state index is -3.59. The largest absolute Gasteiger partial charge is 0.497 e. The third-order valence-electron chi connectivity index (χ3n) is 7.26. The summed E-state index contributed by atoms with van der Waals surface area (Å²) in [6.07, 6.45) is 5.30. The summed E-state index contributed by atoms with van der Waals surface area (Å²) < 4.78 is 32.8. The van der Waals surface area contributed by atoms with Crippen molar-refractivity contribution in [1.29, 1.82) is 0 Å². The number of carbonyl (C=O) groups excluding carboxylic acids is 1. The van der Waals surface area contributed by atoms with E-state index in [4.69, 9.17) is 4.74 Å². The monoisotopic (exact) mass is 465 g/mol. The van der Waals surface area contributed by atoms with Crippen molar-refractivity contribution in [2.24, 2.45) is 5.41 Å². The van der Waals surface area contributed by atoms with E-state index in [-0.39, 0.29) is 5.91 Å². The fraction of sp³-hybridized carbons (Fsp3) is 0.708. The maximum Gasteiger partial charge on any atom is 0.243 e.